The predicted octanol–water partition coefficient (Wildman–Crippen LogP) is 4.70. The minimum absolute atomic E-state index is 0.179. The summed E-state index contributed by atoms with van der Waals surface area (Å²) >= 11 is 0. The number of hydrogen-bond donors (Lipinski definition) is 1. The van der Waals surface area contributed by atoms with Crippen LogP contribution in [0.15, 0.2) is 24.3 Å². The Kier molecular flexibility index (Phi) is 3.83. The van der Waals surface area contributed by atoms with Crippen molar-refractivity contribution < 1.29 is 13.2 Å². The number of halogens is 3. The van der Waals surface area contributed by atoms with E-state index in [-0.39, 0.29) is 11.7 Å². The highest BCUT2D eigenvalue weighted by Gasteiger charge is 2.34. The molecule has 1 aromatic rings. The van der Waals surface area contributed by atoms with Crippen molar-refractivity contribution >= 4 is 5.69 Å². The third kappa shape index (κ3) is 2.98. The summed E-state index contributed by atoms with van der Waals surface area (Å²) in [6.07, 6.45) is -0.124. The molecular formula is C14H18F3N. The fourth-order valence-electron chi connectivity index (χ4n) is 2.65. The fraction of sp³-hybridized carbons (Fsp3) is 0.571. The Morgan fingerprint density at radius 3 is 2.56 bits per heavy atom. The van der Waals surface area contributed by atoms with Crippen LogP contribution in [0, 0.1) is 5.92 Å². The molecule has 0 aliphatic heterocycles. The summed E-state index contributed by atoms with van der Waals surface area (Å²) in [7, 11) is 0. The van der Waals surface area contributed by atoms with Crippen LogP contribution in [0.1, 0.15) is 38.2 Å². The van der Waals surface area contributed by atoms with Crippen LogP contribution >= 0.6 is 0 Å². The van der Waals surface area contributed by atoms with Gasteiger partial charge < -0.3 is 5.32 Å². The van der Waals surface area contributed by atoms with E-state index in [9.17, 15) is 13.2 Å². The maximum atomic E-state index is 12.8. The zero-order valence-electron chi connectivity index (χ0n) is 10.4. The summed E-state index contributed by atoms with van der Waals surface area (Å²) < 4.78 is 38.5. The van der Waals surface area contributed by atoms with Gasteiger partial charge in [0, 0.05) is 11.7 Å². The molecule has 2 unspecified atom stereocenters. The third-order valence-corrected chi connectivity index (χ3v) is 3.71. The quantitative estimate of drug-likeness (QED) is 0.827. The molecule has 0 spiro atoms. The first-order valence-electron chi connectivity index (χ1n) is 6.43. The maximum absolute atomic E-state index is 12.8. The van der Waals surface area contributed by atoms with Gasteiger partial charge in [-0.3, -0.25) is 0 Å². The first kappa shape index (κ1) is 13.2. The maximum Gasteiger partial charge on any atom is 0.418 e. The van der Waals surface area contributed by atoms with Crippen LogP contribution in [0.2, 0.25) is 0 Å². The summed E-state index contributed by atoms with van der Waals surface area (Å²) in [4.78, 5) is 0. The second-order valence-corrected chi connectivity index (χ2v) is 4.97. The van der Waals surface area contributed by atoms with Gasteiger partial charge in [-0.15, -0.1) is 0 Å². The van der Waals surface area contributed by atoms with Gasteiger partial charge in [0.1, 0.15) is 0 Å². The van der Waals surface area contributed by atoms with Crippen LogP contribution in [-0.4, -0.2) is 6.04 Å². The number of benzene rings is 1. The standard InChI is InChI=1S/C14H18F3N/c1-2-10-7-8-11(9-10)18-13-6-4-3-5-12(13)14(15,16)17/h3-6,10-11,18H,2,7-9H2,1H3. The largest absolute Gasteiger partial charge is 0.418 e. The first-order valence-corrected chi connectivity index (χ1v) is 6.43. The van der Waals surface area contributed by atoms with Crippen molar-refractivity contribution in [1.29, 1.82) is 0 Å². The Morgan fingerprint density at radius 2 is 1.94 bits per heavy atom. The Bertz CT molecular complexity index is 400. The van der Waals surface area contributed by atoms with Gasteiger partial charge >= 0.3 is 6.18 Å². The van der Waals surface area contributed by atoms with Crippen molar-refractivity contribution in [3.8, 4) is 0 Å². The number of hydrogen-bond acceptors (Lipinski definition) is 1. The molecule has 2 atom stereocenters. The van der Waals surface area contributed by atoms with Gasteiger partial charge in [-0.1, -0.05) is 25.5 Å². The summed E-state index contributed by atoms with van der Waals surface area (Å²) in [6.45, 7) is 2.14. The van der Waals surface area contributed by atoms with E-state index in [4.69, 9.17) is 0 Å². The SMILES string of the molecule is CCC1CCC(Nc2ccccc2C(F)(F)F)C1. The highest BCUT2D eigenvalue weighted by Crippen LogP contribution is 2.37. The van der Waals surface area contributed by atoms with Gasteiger partial charge in [-0.25, -0.2) is 0 Å². The van der Waals surface area contributed by atoms with Gasteiger partial charge in [0.05, 0.1) is 5.56 Å². The Balaban J connectivity index is 2.10. The van der Waals surface area contributed by atoms with Crippen molar-refractivity contribution in [1.82, 2.24) is 0 Å². The highest BCUT2D eigenvalue weighted by molar-refractivity contribution is 5.53. The minimum Gasteiger partial charge on any atom is -0.382 e. The third-order valence-electron chi connectivity index (χ3n) is 3.71. The molecule has 0 amide bonds. The first-order chi connectivity index (χ1) is 8.50. The lowest BCUT2D eigenvalue weighted by atomic mass is 10.1. The Hall–Kier alpha value is -1.19. The molecular weight excluding hydrogens is 239 g/mol. The molecule has 1 aliphatic carbocycles. The molecule has 0 saturated heterocycles. The summed E-state index contributed by atoms with van der Waals surface area (Å²) in [6, 6.07) is 5.90. The number of nitrogens with one attached hydrogen (secondary N) is 1. The molecule has 18 heavy (non-hydrogen) atoms. The lowest BCUT2D eigenvalue weighted by Gasteiger charge is -2.18. The zero-order valence-corrected chi connectivity index (χ0v) is 10.4. The molecule has 1 aromatic carbocycles. The molecule has 0 bridgehead atoms. The van der Waals surface area contributed by atoms with Crippen LogP contribution in [-0.2, 0) is 6.18 Å². The van der Waals surface area contributed by atoms with E-state index >= 15 is 0 Å². The Morgan fingerprint density at radius 1 is 1.22 bits per heavy atom. The van der Waals surface area contributed by atoms with E-state index in [1.807, 2.05) is 0 Å². The zero-order chi connectivity index (χ0) is 13.2. The summed E-state index contributed by atoms with van der Waals surface area (Å²) in [5, 5.41) is 3.06. The van der Waals surface area contributed by atoms with Crippen molar-refractivity contribution in [2.75, 3.05) is 5.32 Å². The minimum atomic E-state index is -4.29. The van der Waals surface area contributed by atoms with Crippen molar-refractivity contribution in [3.63, 3.8) is 0 Å². The lowest BCUT2D eigenvalue weighted by molar-refractivity contribution is -0.137. The molecule has 4 heteroatoms. The molecule has 100 valence electrons. The van der Waals surface area contributed by atoms with Crippen LogP contribution in [0.3, 0.4) is 0 Å². The second-order valence-electron chi connectivity index (χ2n) is 4.97. The highest BCUT2D eigenvalue weighted by atomic mass is 19.4. The lowest BCUT2D eigenvalue weighted by Crippen LogP contribution is -2.19. The van der Waals surface area contributed by atoms with E-state index in [0.717, 1.165) is 31.7 Å². The van der Waals surface area contributed by atoms with Crippen LogP contribution < -0.4 is 5.32 Å². The van der Waals surface area contributed by atoms with Gasteiger partial charge in [0.15, 0.2) is 0 Å². The van der Waals surface area contributed by atoms with Gasteiger partial charge in [0.25, 0.3) is 0 Å². The number of alkyl halides is 3. The van der Waals surface area contributed by atoms with Gasteiger partial charge in [-0.05, 0) is 37.3 Å². The molecule has 0 radical (unpaired) electrons. The molecule has 1 aliphatic rings. The number of para-hydroxylation sites is 1. The average molecular weight is 257 g/mol. The molecule has 0 aromatic heterocycles. The number of rotatable bonds is 3. The van der Waals surface area contributed by atoms with E-state index in [2.05, 4.69) is 12.2 Å². The monoisotopic (exact) mass is 257 g/mol. The van der Waals surface area contributed by atoms with Crippen molar-refractivity contribution in [2.24, 2.45) is 5.92 Å². The van der Waals surface area contributed by atoms with Crippen LogP contribution in [0.25, 0.3) is 0 Å². The molecule has 1 nitrogen and oxygen atoms in total. The normalized spacial score (nSPS) is 24.2. The molecule has 1 N–H and O–H groups in total. The molecule has 2 rings (SSSR count). The molecule has 1 fully saturated rings. The van der Waals surface area contributed by atoms with E-state index in [0.29, 0.717) is 5.92 Å². The smallest absolute Gasteiger partial charge is 0.382 e. The van der Waals surface area contributed by atoms with Gasteiger partial charge in [0.2, 0.25) is 0 Å². The predicted molar refractivity (Wildman–Crippen MR) is 66.5 cm³/mol. The van der Waals surface area contributed by atoms with Crippen LogP contribution in [0.5, 0.6) is 0 Å². The summed E-state index contributed by atoms with van der Waals surface area (Å²) in [5.74, 6) is 0.653. The molecule has 1 saturated carbocycles. The second kappa shape index (κ2) is 5.21. The van der Waals surface area contributed by atoms with Crippen LogP contribution in [0.4, 0.5) is 18.9 Å². The summed E-state index contributed by atoms with van der Waals surface area (Å²) in [5.41, 5.74) is -0.350. The van der Waals surface area contributed by atoms with E-state index in [1.165, 1.54) is 12.1 Å². The Labute approximate surface area is 105 Å². The fourth-order valence-corrected chi connectivity index (χ4v) is 2.65. The topological polar surface area (TPSA) is 12.0 Å². The average Bonchev–Trinajstić information content (AvgIpc) is 2.76. The van der Waals surface area contributed by atoms with Crippen molar-refractivity contribution in [3.05, 3.63) is 29.8 Å². The number of anilines is 1. The van der Waals surface area contributed by atoms with E-state index < -0.39 is 11.7 Å². The van der Waals surface area contributed by atoms with Crippen molar-refractivity contribution in [2.45, 2.75) is 44.8 Å². The van der Waals surface area contributed by atoms with E-state index in [1.54, 1.807) is 6.07 Å². The van der Waals surface area contributed by atoms with Gasteiger partial charge in [-0.2, -0.15) is 13.2 Å². The molecule has 0 heterocycles.